The van der Waals surface area contributed by atoms with Gasteiger partial charge in [-0.25, -0.2) is 0 Å². The molecule has 0 aliphatic heterocycles. The first kappa shape index (κ1) is 7.24. The van der Waals surface area contributed by atoms with Crippen LogP contribution in [0.3, 0.4) is 0 Å². The van der Waals surface area contributed by atoms with Gasteiger partial charge in [-0.1, -0.05) is 5.94 Å². The maximum Gasteiger partial charge on any atom is 0.178 e. The van der Waals surface area contributed by atoms with Crippen LogP contribution in [0.5, 0.6) is 0 Å². The highest BCUT2D eigenvalue weighted by Crippen LogP contribution is 2.04. The van der Waals surface area contributed by atoms with Crippen LogP contribution in [0.25, 0.3) is 0 Å². The molecule has 1 nitrogen and oxygen atoms in total. The van der Waals surface area contributed by atoms with Gasteiger partial charge in [-0.05, 0) is 13.1 Å². The van der Waals surface area contributed by atoms with Crippen LogP contribution in [0.2, 0.25) is 19.0 Å². The minimum absolute atomic E-state index is 0.712. The smallest absolute Gasteiger partial charge is 0.178 e. The topological polar surface area (TPSA) is 9.23 Å². The molecular weight excluding hydrogens is 103 g/mol. The third-order valence-corrected chi connectivity index (χ3v) is 3.13. The van der Waals surface area contributed by atoms with Crippen LogP contribution in [0, 0.1) is 0 Å². The molecule has 0 saturated carbocycles. The quantitative estimate of drug-likeness (QED) is 0.486. The Hall–Kier alpha value is 0.242. The predicted molar refractivity (Wildman–Crippen MR) is 35.1 cm³/mol. The van der Waals surface area contributed by atoms with Gasteiger partial charge in [0.25, 0.3) is 0 Å². The summed E-state index contributed by atoms with van der Waals surface area (Å²) in [5, 5.41) is 0. The van der Waals surface area contributed by atoms with E-state index in [9.17, 15) is 0 Å². The van der Waals surface area contributed by atoms with Crippen molar-refractivity contribution in [2.24, 2.45) is 0 Å². The van der Waals surface area contributed by atoms with E-state index >= 15 is 0 Å². The maximum absolute atomic E-state index is 5.35. The molecule has 7 heavy (non-hydrogen) atoms. The predicted octanol–water partition coefficient (Wildman–Crippen LogP) is 0.964. The van der Waals surface area contributed by atoms with Gasteiger partial charge in [0.1, 0.15) is 0 Å². The lowest BCUT2D eigenvalue weighted by Gasteiger charge is -2.16. The van der Waals surface area contributed by atoms with E-state index in [1.165, 1.54) is 0 Å². The molecule has 0 aromatic heterocycles. The summed E-state index contributed by atoms with van der Waals surface area (Å²) in [5.74, 6) is 0.712. The van der Waals surface area contributed by atoms with Crippen molar-refractivity contribution in [2.45, 2.75) is 19.0 Å². The highest BCUT2D eigenvalue weighted by molar-refractivity contribution is 6.76. The first-order valence-electron chi connectivity index (χ1n) is 2.37. The van der Waals surface area contributed by atoms with Gasteiger partial charge in [-0.15, -0.1) is 0 Å². The standard InChI is InChI=1S/C4H11BOSi/c1-6-7(2,3)4-5/h4H2,1-3H3. The van der Waals surface area contributed by atoms with Crippen molar-refractivity contribution < 1.29 is 4.43 Å². The molecule has 0 aromatic rings. The molecule has 0 bridgehead atoms. The zero-order valence-corrected chi connectivity index (χ0v) is 6.19. The molecule has 40 valence electrons. The van der Waals surface area contributed by atoms with Crippen molar-refractivity contribution in [3.05, 3.63) is 0 Å². The summed E-state index contributed by atoms with van der Waals surface area (Å²) in [5.41, 5.74) is 0. The highest BCUT2D eigenvalue weighted by atomic mass is 28.4. The summed E-state index contributed by atoms with van der Waals surface area (Å²) in [7, 11) is 5.70. The Morgan fingerprint density at radius 3 is 2.00 bits per heavy atom. The second-order valence-corrected chi connectivity index (χ2v) is 6.50. The fourth-order valence-corrected chi connectivity index (χ4v) is 0.250. The van der Waals surface area contributed by atoms with Gasteiger partial charge >= 0.3 is 0 Å². The second-order valence-electron chi connectivity index (χ2n) is 2.17. The lowest BCUT2D eigenvalue weighted by molar-refractivity contribution is 0.409. The van der Waals surface area contributed by atoms with Gasteiger partial charge in [0.2, 0.25) is 0 Å². The second kappa shape index (κ2) is 2.52. The lowest BCUT2D eigenvalue weighted by atomic mass is 10.2. The van der Waals surface area contributed by atoms with E-state index in [1.54, 1.807) is 7.11 Å². The molecule has 0 spiro atoms. The Labute approximate surface area is 47.6 Å². The van der Waals surface area contributed by atoms with Crippen LogP contribution in [0.4, 0.5) is 0 Å². The van der Waals surface area contributed by atoms with Gasteiger partial charge in [-0.3, -0.25) is 0 Å². The Morgan fingerprint density at radius 2 is 2.00 bits per heavy atom. The summed E-state index contributed by atoms with van der Waals surface area (Å²) in [6.45, 7) is 4.18. The average molecular weight is 114 g/mol. The van der Waals surface area contributed by atoms with Crippen LogP contribution in [-0.4, -0.2) is 23.3 Å². The molecule has 3 heteroatoms. The molecule has 0 unspecified atom stereocenters. The Bertz CT molecular complexity index is 49.7. The van der Waals surface area contributed by atoms with Gasteiger partial charge in [0.05, 0.1) is 7.85 Å². The lowest BCUT2D eigenvalue weighted by Crippen LogP contribution is -2.27. The normalized spacial score (nSPS) is 11.9. The molecule has 2 radical (unpaired) electrons. The zero-order valence-electron chi connectivity index (χ0n) is 5.19. The first-order chi connectivity index (χ1) is 3.12. The van der Waals surface area contributed by atoms with Gasteiger partial charge < -0.3 is 4.43 Å². The number of hydrogen-bond donors (Lipinski definition) is 0. The zero-order chi connectivity index (χ0) is 5.91. The molecule has 0 aliphatic rings. The molecule has 0 rings (SSSR count). The molecule has 0 atom stereocenters. The SMILES string of the molecule is [B]C[Si](C)(C)OC. The Kier molecular flexibility index (Phi) is 2.61. The average Bonchev–Trinajstić information content (AvgIpc) is 1.68. The summed E-state index contributed by atoms with van der Waals surface area (Å²) in [4.78, 5) is 0. The fourth-order valence-electron chi connectivity index (χ4n) is 0.0833. The monoisotopic (exact) mass is 114 g/mol. The first-order valence-corrected chi connectivity index (χ1v) is 5.49. The Morgan fingerprint density at radius 1 is 1.57 bits per heavy atom. The maximum atomic E-state index is 5.35. The van der Waals surface area contributed by atoms with Crippen LogP contribution in [0.1, 0.15) is 0 Å². The summed E-state index contributed by atoms with van der Waals surface area (Å²) in [6, 6.07) is 0. The largest absolute Gasteiger partial charge is 0.421 e. The van der Waals surface area contributed by atoms with Gasteiger partial charge in [0, 0.05) is 7.11 Å². The molecule has 0 heterocycles. The molecule has 0 aromatic carbocycles. The van der Waals surface area contributed by atoms with Crippen LogP contribution < -0.4 is 0 Å². The van der Waals surface area contributed by atoms with Crippen LogP contribution >= 0.6 is 0 Å². The minimum atomic E-state index is -1.37. The minimum Gasteiger partial charge on any atom is -0.421 e. The van der Waals surface area contributed by atoms with Crippen LogP contribution in [0.15, 0.2) is 0 Å². The van der Waals surface area contributed by atoms with Crippen molar-refractivity contribution in [1.82, 2.24) is 0 Å². The van der Waals surface area contributed by atoms with E-state index in [1.807, 2.05) is 0 Å². The molecule has 0 fully saturated rings. The third-order valence-electron chi connectivity index (χ3n) is 1.04. The molecule has 0 amide bonds. The highest BCUT2D eigenvalue weighted by Gasteiger charge is 2.15. The molecule has 0 saturated heterocycles. The summed E-state index contributed by atoms with van der Waals surface area (Å²) in [6.07, 6.45) is 0. The van der Waals surface area contributed by atoms with E-state index in [4.69, 9.17) is 12.3 Å². The third kappa shape index (κ3) is 2.88. The molecule has 0 aliphatic carbocycles. The van der Waals surface area contributed by atoms with Crippen molar-refractivity contribution in [3.8, 4) is 0 Å². The summed E-state index contributed by atoms with van der Waals surface area (Å²) < 4.78 is 5.10. The molecule has 0 N–H and O–H groups in total. The van der Waals surface area contributed by atoms with E-state index in [0.717, 1.165) is 0 Å². The van der Waals surface area contributed by atoms with Crippen molar-refractivity contribution in [2.75, 3.05) is 7.11 Å². The van der Waals surface area contributed by atoms with Gasteiger partial charge in [0.15, 0.2) is 8.32 Å². The molecular formula is C4H11BOSi. The van der Waals surface area contributed by atoms with E-state index in [-0.39, 0.29) is 0 Å². The van der Waals surface area contributed by atoms with Gasteiger partial charge in [-0.2, -0.15) is 0 Å². The van der Waals surface area contributed by atoms with Crippen LogP contribution in [-0.2, 0) is 4.43 Å². The number of rotatable bonds is 2. The summed E-state index contributed by atoms with van der Waals surface area (Å²) >= 11 is 0. The number of hydrogen-bond acceptors (Lipinski definition) is 1. The van der Waals surface area contributed by atoms with Crippen molar-refractivity contribution >= 4 is 16.2 Å². The van der Waals surface area contributed by atoms with Crippen molar-refractivity contribution in [1.29, 1.82) is 0 Å². The fraction of sp³-hybridized carbons (Fsp3) is 1.00. The Balaban J connectivity index is 3.36. The van der Waals surface area contributed by atoms with Crippen molar-refractivity contribution in [3.63, 3.8) is 0 Å². The van der Waals surface area contributed by atoms with E-state index in [0.29, 0.717) is 5.94 Å². The van der Waals surface area contributed by atoms with E-state index in [2.05, 4.69) is 13.1 Å². The van der Waals surface area contributed by atoms with E-state index < -0.39 is 8.32 Å².